The Kier molecular flexibility index (Phi) is 3.91. The second-order valence-electron chi connectivity index (χ2n) is 4.30. The first-order chi connectivity index (χ1) is 7.61. The predicted molar refractivity (Wildman–Crippen MR) is 64.1 cm³/mol. The second kappa shape index (κ2) is 5.05. The normalized spacial score (nSPS) is 30.0. The fourth-order valence-electron chi connectivity index (χ4n) is 2.12. The molecule has 0 spiro atoms. The Balaban J connectivity index is 1.95. The van der Waals surface area contributed by atoms with Crippen molar-refractivity contribution in [1.29, 1.82) is 0 Å². The SMILES string of the molecule is C[C]1[CH][CH][CH][C]1[C@@H](N)[C@@H](O)[C]1[CH][CH][CH][C]1C. The number of aliphatic hydroxyl groups excluding tert-OH is 1. The van der Waals surface area contributed by atoms with Gasteiger partial charge in [-0.3, -0.25) is 0 Å². The van der Waals surface area contributed by atoms with Gasteiger partial charge in [-0.2, -0.15) is 0 Å². The van der Waals surface area contributed by atoms with Gasteiger partial charge in [0.15, 0.2) is 0 Å². The maximum Gasteiger partial charge on any atom is 0.0768 e. The smallest absolute Gasteiger partial charge is 0.0768 e. The third kappa shape index (κ3) is 2.28. The Morgan fingerprint density at radius 2 is 1.44 bits per heavy atom. The van der Waals surface area contributed by atoms with Gasteiger partial charge in [-0.15, -0.1) is 0 Å². The Hall–Kier alpha value is -0.0800. The lowest BCUT2D eigenvalue weighted by molar-refractivity contribution is 0.168. The molecule has 16 heavy (non-hydrogen) atoms. The molecule has 0 aromatic rings. The van der Waals surface area contributed by atoms with Crippen molar-refractivity contribution >= 4 is 0 Å². The fourth-order valence-corrected chi connectivity index (χ4v) is 2.12. The highest BCUT2D eigenvalue weighted by Crippen LogP contribution is 2.41. The van der Waals surface area contributed by atoms with E-state index in [2.05, 4.69) is 0 Å². The van der Waals surface area contributed by atoms with Crippen LogP contribution < -0.4 is 5.73 Å². The van der Waals surface area contributed by atoms with Crippen LogP contribution in [-0.4, -0.2) is 17.3 Å². The summed E-state index contributed by atoms with van der Waals surface area (Å²) in [6, 6.07) is -0.351. The summed E-state index contributed by atoms with van der Waals surface area (Å²) in [6.45, 7) is 4.00. The van der Waals surface area contributed by atoms with E-state index in [-0.39, 0.29) is 6.04 Å². The molecule has 0 saturated heterocycles. The molecular weight excluding hydrogens is 198 g/mol. The van der Waals surface area contributed by atoms with Gasteiger partial charge in [-0.1, -0.05) is 13.8 Å². The zero-order valence-corrected chi connectivity index (χ0v) is 9.64. The molecule has 84 valence electrons. The lowest BCUT2D eigenvalue weighted by Crippen LogP contribution is -2.44. The minimum atomic E-state index is -0.629. The number of nitrogens with two attached hydrogens (primary N) is 1. The molecule has 2 fully saturated rings. The van der Waals surface area contributed by atoms with Crippen molar-refractivity contribution in [1.82, 2.24) is 0 Å². The van der Waals surface area contributed by atoms with Crippen molar-refractivity contribution in [3.05, 3.63) is 62.2 Å². The second-order valence-corrected chi connectivity index (χ2v) is 4.30. The molecule has 2 saturated carbocycles. The van der Waals surface area contributed by atoms with Crippen LogP contribution in [0.5, 0.6) is 0 Å². The quantitative estimate of drug-likeness (QED) is 0.744. The summed E-state index contributed by atoms with van der Waals surface area (Å²) in [4.78, 5) is 0. The van der Waals surface area contributed by atoms with Gasteiger partial charge < -0.3 is 10.8 Å². The molecule has 0 aliphatic heterocycles. The van der Waals surface area contributed by atoms with Gasteiger partial charge in [0.2, 0.25) is 0 Å². The summed E-state index contributed by atoms with van der Waals surface area (Å²) in [5.41, 5.74) is 6.09. The molecular formula is C14H17NO. The van der Waals surface area contributed by atoms with Crippen molar-refractivity contribution in [2.24, 2.45) is 5.73 Å². The molecule has 2 nitrogen and oxygen atoms in total. The lowest BCUT2D eigenvalue weighted by Gasteiger charge is -2.31. The van der Waals surface area contributed by atoms with E-state index in [1.165, 1.54) is 0 Å². The molecule has 0 bridgehead atoms. The van der Waals surface area contributed by atoms with Crippen LogP contribution in [-0.2, 0) is 0 Å². The van der Waals surface area contributed by atoms with Gasteiger partial charge in [0.1, 0.15) is 0 Å². The van der Waals surface area contributed by atoms with E-state index < -0.39 is 6.10 Å². The summed E-state index contributed by atoms with van der Waals surface area (Å²) in [5.74, 6) is 4.17. The zero-order chi connectivity index (χ0) is 11.7. The zero-order valence-electron chi connectivity index (χ0n) is 9.64. The number of aliphatic hydroxyl groups is 1. The van der Waals surface area contributed by atoms with E-state index in [9.17, 15) is 5.11 Å². The van der Waals surface area contributed by atoms with Gasteiger partial charge in [0, 0.05) is 17.9 Å². The van der Waals surface area contributed by atoms with Crippen molar-refractivity contribution in [2.45, 2.75) is 26.0 Å². The molecule has 0 amide bonds. The van der Waals surface area contributed by atoms with Crippen LogP contribution in [0.25, 0.3) is 0 Å². The highest BCUT2D eigenvalue weighted by atomic mass is 16.3. The monoisotopic (exact) mass is 215 g/mol. The molecule has 0 aromatic carbocycles. The Morgan fingerprint density at radius 1 is 0.938 bits per heavy atom. The fraction of sp³-hybridized carbons (Fsp3) is 0.286. The van der Waals surface area contributed by atoms with Crippen LogP contribution in [0.3, 0.4) is 0 Å². The van der Waals surface area contributed by atoms with Crippen molar-refractivity contribution in [3.8, 4) is 0 Å². The van der Waals surface area contributed by atoms with Crippen molar-refractivity contribution in [3.63, 3.8) is 0 Å². The predicted octanol–water partition coefficient (Wildman–Crippen LogP) is 1.27. The van der Waals surface area contributed by atoms with E-state index in [0.717, 1.165) is 23.7 Å². The maximum atomic E-state index is 10.2. The first-order valence-corrected chi connectivity index (χ1v) is 5.49. The minimum Gasteiger partial charge on any atom is -0.391 e. The van der Waals surface area contributed by atoms with Crippen LogP contribution in [0.4, 0.5) is 0 Å². The average molecular weight is 215 g/mol. The summed E-state index contributed by atoms with van der Waals surface area (Å²) < 4.78 is 0. The number of hydrogen-bond donors (Lipinski definition) is 2. The molecule has 0 unspecified atom stereocenters. The van der Waals surface area contributed by atoms with E-state index in [1.54, 1.807) is 0 Å². The lowest BCUT2D eigenvalue weighted by atomic mass is 9.80. The largest absolute Gasteiger partial charge is 0.391 e. The maximum absolute atomic E-state index is 10.2. The van der Waals surface area contributed by atoms with Crippen molar-refractivity contribution < 1.29 is 5.11 Å². The third-order valence-electron chi connectivity index (χ3n) is 3.17. The standard InChI is InChI=1S/C14H17NO/c1-9-5-3-7-11(9)13(15)14(16)12-8-4-6-10(12)2/h3-8,13-14,16H,15H2,1-2H3/t13-,14+/m1/s1. The van der Waals surface area contributed by atoms with Gasteiger partial charge >= 0.3 is 0 Å². The van der Waals surface area contributed by atoms with E-state index >= 15 is 0 Å². The molecule has 2 aliphatic carbocycles. The highest BCUT2D eigenvalue weighted by Gasteiger charge is 2.40. The first-order valence-electron chi connectivity index (χ1n) is 5.49. The molecule has 3 N–H and O–H groups in total. The number of rotatable bonds is 3. The van der Waals surface area contributed by atoms with Gasteiger partial charge in [-0.05, 0) is 50.4 Å². The van der Waals surface area contributed by atoms with Crippen molar-refractivity contribution in [2.75, 3.05) is 0 Å². The summed E-state index contributed by atoms with van der Waals surface area (Å²) in [6.07, 6.45) is 11.2. The topological polar surface area (TPSA) is 46.2 Å². The summed E-state index contributed by atoms with van der Waals surface area (Å²) >= 11 is 0. The van der Waals surface area contributed by atoms with Crippen LogP contribution in [0, 0.1) is 62.2 Å². The Morgan fingerprint density at radius 3 is 1.88 bits per heavy atom. The summed E-state index contributed by atoms with van der Waals surface area (Å²) in [5, 5.41) is 10.2. The Bertz CT molecular complexity index is 207. The molecule has 10 radical (unpaired) electrons. The van der Waals surface area contributed by atoms with Crippen LogP contribution in [0.1, 0.15) is 13.8 Å². The number of hydrogen-bond acceptors (Lipinski definition) is 2. The van der Waals surface area contributed by atoms with Gasteiger partial charge in [0.25, 0.3) is 0 Å². The molecule has 0 heterocycles. The van der Waals surface area contributed by atoms with Crippen LogP contribution in [0.2, 0.25) is 0 Å². The van der Waals surface area contributed by atoms with E-state index in [0.29, 0.717) is 0 Å². The minimum absolute atomic E-state index is 0.351. The Labute approximate surface area is 99.6 Å². The van der Waals surface area contributed by atoms with E-state index in [4.69, 9.17) is 5.73 Å². The third-order valence-corrected chi connectivity index (χ3v) is 3.17. The molecule has 2 rings (SSSR count). The van der Waals surface area contributed by atoms with Crippen LogP contribution >= 0.6 is 0 Å². The van der Waals surface area contributed by atoms with Gasteiger partial charge in [0.05, 0.1) is 6.10 Å². The van der Waals surface area contributed by atoms with E-state index in [1.807, 2.05) is 52.4 Å². The summed E-state index contributed by atoms with van der Waals surface area (Å²) in [7, 11) is 0. The first kappa shape index (κ1) is 12.4. The average Bonchev–Trinajstić information content (AvgIpc) is 2.85. The highest BCUT2D eigenvalue weighted by molar-refractivity contribution is 5.50. The molecule has 2 aliphatic rings. The van der Waals surface area contributed by atoms with Crippen LogP contribution in [0.15, 0.2) is 0 Å². The van der Waals surface area contributed by atoms with Gasteiger partial charge in [-0.25, -0.2) is 0 Å². The molecule has 2 atom stereocenters. The molecule has 2 heteroatoms. The molecule has 0 aromatic heterocycles.